The third-order valence-electron chi connectivity index (χ3n) is 7.61. The molecule has 1 aliphatic heterocycles. The van der Waals surface area contributed by atoms with E-state index < -0.39 is 11.5 Å². The van der Waals surface area contributed by atoms with Gasteiger partial charge in [-0.1, -0.05) is 78.9 Å². The summed E-state index contributed by atoms with van der Waals surface area (Å²) in [4.78, 5) is 18.2. The molecule has 2 aliphatic rings. The molecule has 0 spiro atoms. The van der Waals surface area contributed by atoms with Gasteiger partial charge in [0.05, 0.1) is 24.5 Å². The lowest BCUT2D eigenvalue weighted by molar-refractivity contribution is -0.146. The first kappa shape index (κ1) is 26.0. The van der Waals surface area contributed by atoms with E-state index in [-0.39, 0.29) is 17.9 Å². The molecule has 0 saturated heterocycles. The van der Waals surface area contributed by atoms with Gasteiger partial charge in [-0.3, -0.25) is 4.79 Å². The van der Waals surface area contributed by atoms with Crippen molar-refractivity contribution in [3.8, 4) is 11.1 Å². The third-order valence-corrected chi connectivity index (χ3v) is 7.61. The average Bonchev–Trinajstić information content (AvgIpc) is 3.52. The van der Waals surface area contributed by atoms with Crippen LogP contribution in [0.15, 0.2) is 88.9 Å². The van der Waals surface area contributed by atoms with Gasteiger partial charge in [0.25, 0.3) is 0 Å². The molecule has 2 N–H and O–H groups in total. The highest BCUT2D eigenvalue weighted by Crippen LogP contribution is 2.49. The maximum atomic E-state index is 12.4. The van der Waals surface area contributed by atoms with Gasteiger partial charge >= 0.3 is 5.97 Å². The summed E-state index contributed by atoms with van der Waals surface area (Å²) < 4.78 is 11.1. The summed E-state index contributed by atoms with van der Waals surface area (Å²) in [5, 5.41) is 19.4. The first-order valence-corrected chi connectivity index (χ1v) is 13.6. The number of aliphatic hydroxyl groups is 1. The first-order chi connectivity index (χ1) is 19.5. The molecule has 8 heteroatoms. The number of nitrogens with zero attached hydrogens (tertiary/aromatic N) is 2. The highest BCUT2D eigenvalue weighted by molar-refractivity contribution is 5.87. The maximum absolute atomic E-state index is 12.4. The Morgan fingerprint density at radius 1 is 1.00 bits per heavy atom. The van der Waals surface area contributed by atoms with Gasteiger partial charge in [-0.2, -0.15) is 0 Å². The normalized spacial score (nSPS) is 18.3. The van der Waals surface area contributed by atoms with Crippen molar-refractivity contribution in [2.75, 3.05) is 6.61 Å². The quantitative estimate of drug-likeness (QED) is 0.278. The van der Waals surface area contributed by atoms with Crippen LogP contribution in [0.2, 0.25) is 0 Å². The fourth-order valence-corrected chi connectivity index (χ4v) is 5.21. The lowest BCUT2D eigenvalue weighted by Crippen LogP contribution is -2.23. The zero-order chi connectivity index (χ0) is 27.7. The Hall–Kier alpha value is -4.27. The Morgan fingerprint density at radius 3 is 2.30 bits per heavy atom. The van der Waals surface area contributed by atoms with Crippen LogP contribution in [0.25, 0.3) is 16.9 Å². The van der Waals surface area contributed by atoms with E-state index in [4.69, 9.17) is 14.0 Å². The fraction of sp³-hybridized carbons (Fsp3) is 0.281. The van der Waals surface area contributed by atoms with Gasteiger partial charge in [0, 0.05) is 11.1 Å². The van der Waals surface area contributed by atoms with Crippen molar-refractivity contribution >= 4 is 11.7 Å². The number of carbonyl (C=O) groups is 1. The summed E-state index contributed by atoms with van der Waals surface area (Å²) in [6.07, 6.45) is 1.03. The van der Waals surface area contributed by atoms with Crippen LogP contribution in [-0.2, 0) is 26.2 Å². The smallest absolute Gasteiger partial charge is 0.316 e. The monoisotopic (exact) mass is 537 g/mol. The van der Waals surface area contributed by atoms with E-state index in [1.165, 1.54) is 0 Å². The summed E-state index contributed by atoms with van der Waals surface area (Å²) >= 11 is 0. The van der Waals surface area contributed by atoms with E-state index in [0.29, 0.717) is 30.3 Å². The van der Waals surface area contributed by atoms with E-state index >= 15 is 0 Å². The first-order valence-electron chi connectivity index (χ1n) is 13.6. The van der Waals surface area contributed by atoms with E-state index in [1.807, 2.05) is 92.7 Å². The van der Waals surface area contributed by atoms with Crippen molar-refractivity contribution in [2.24, 2.45) is 0 Å². The second kappa shape index (κ2) is 10.7. The van der Waals surface area contributed by atoms with Crippen LogP contribution in [-0.4, -0.2) is 33.9 Å². The Kier molecular flexibility index (Phi) is 6.96. The van der Waals surface area contributed by atoms with Crippen LogP contribution in [0.1, 0.15) is 61.3 Å². The molecule has 6 rings (SSSR count). The molecule has 40 heavy (non-hydrogen) atoms. The summed E-state index contributed by atoms with van der Waals surface area (Å²) in [7, 11) is 0. The predicted molar refractivity (Wildman–Crippen MR) is 149 cm³/mol. The van der Waals surface area contributed by atoms with Crippen LogP contribution in [0, 0.1) is 0 Å². The minimum atomic E-state index is -1.11. The minimum Gasteiger partial charge on any atom is -0.465 e. The molecule has 1 saturated carbocycles. The van der Waals surface area contributed by atoms with Crippen molar-refractivity contribution in [1.29, 1.82) is 0 Å². The minimum absolute atomic E-state index is 0.130. The van der Waals surface area contributed by atoms with Crippen LogP contribution < -0.4 is 5.48 Å². The van der Waals surface area contributed by atoms with Crippen molar-refractivity contribution in [3.63, 3.8) is 0 Å². The number of hydroxylamine groups is 1. The lowest BCUT2D eigenvalue weighted by Gasteiger charge is -2.15. The zero-order valence-electron chi connectivity index (χ0n) is 22.5. The molecule has 2 atom stereocenters. The van der Waals surface area contributed by atoms with Gasteiger partial charge in [0.2, 0.25) is 11.8 Å². The third kappa shape index (κ3) is 4.92. The van der Waals surface area contributed by atoms with Gasteiger partial charge in [-0.05, 0) is 48.9 Å². The van der Waals surface area contributed by atoms with Gasteiger partial charge in [0.15, 0.2) is 11.9 Å². The molecule has 0 radical (unpaired) electrons. The molecule has 8 nitrogen and oxygen atoms in total. The average molecular weight is 538 g/mol. The Labute approximate surface area is 232 Å². The number of esters is 1. The van der Waals surface area contributed by atoms with Gasteiger partial charge in [-0.15, -0.1) is 15.7 Å². The van der Waals surface area contributed by atoms with Crippen LogP contribution in [0.3, 0.4) is 0 Å². The Morgan fingerprint density at radius 2 is 1.65 bits per heavy atom. The Bertz CT molecular complexity index is 1520. The summed E-state index contributed by atoms with van der Waals surface area (Å²) in [5.41, 5.74) is 8.02. The molecule has 0 bridgehead atoms. The number of benzene rings is 3. The second-order valence-corrected chi connectivity index (χ2v) is 10.3. The second-order valence-electron chi connectivity index (χ2n) is 10.3. The number of hydrogen-bond donors (Lipinski definition) is 2. The number of hydrogen-bond acceptors (Lipinski definition) is 8. The standard InChI is InChI=1S/C32H31N3O5/c1-3-38-31(37)32(17-18-32)25-15-13-23(14-16-25)22-9-11-24(12-10-22)29-27(20(2)35-40-29)28(36)30-34-33-26(39-30)19-21-7-5-4-6-8-21/h4-16,20,28,35-36H,3,17-19H2,1-2H3. The van der Waals surface area contributed by atoms with E-state index in [1.54, 1.807) is 0 Å². The molecule has 4 aromatic rings. The van der Waals surface area contributed by atoms with Crippen molar-refractivity contribution in [1.82, 2.24) is 15.7 Å². The lowest BCUT2D eigenvalue weighted by atomic mass is 9.93. The summed E-state index contributed by atoms with van der Waals surface area (Å²) in [6.45, 7) is 4.13. The zero-order valence-corrected chi connectivity index (χ0v) is 22.5. The molecule has 0 amide bonds. The predicted octanol–water partition coefficient (Wildman–Crippen LogP) is 5.29. The number of aromatic nitrogens is 2. The van der Waals surface area contributed by atoms with Crippen molar-refractivity contribution in [3.05, 3.63) is 113 Å². The van der Waals surface area contributed by atoms with E-state index in [9.17, 15) is 9.90 Å². The SMILES string of the molecule is CCOC(=O)C1(c2ccc(-c3ccc(C4=C(C(O)c5nnc(Cc6ccccc6)o5)C(C)NO4)cc3)cc2)CC1. The van der Waals surface area contributed by atoms with Gasteiger partial charge < -0.3 is 19.1 Å². The number of rotatable bonds is 9. The molecule has 2 unspecified atom stereocenters. The highest BCUT2D eigenvalue weighted by Gasteiger charge is 2.52. The molecule has 1 aromatic heterocycles. The summed E-state index contributed by atoms with van der Waals surface area (Å²) in [6, 6.07) is 25.6. The van der Waals surface area contributed by atoms with Crippen molar-refractivity contribution < 1.29 is 23.9 Å². The molecular formula is C32H31N3O5. The maximum Gasteiger partial charge on any atom is 0.316 e. The molecule has 2 heterocycles. The van der Waals surface area contributed by atoms with Gasteiger partial charge in [0.1, 0.15) is 0 Å². The van der Waals surface area contributed by atoms with Crippen LogP contribution in [0.5, 0.6) is 0 Å². The number of ether oxygens (including phenoxy) is 1. The van der Waals surface area contributed by atoms with Crippen LogP contribution >= 0.6 is 0 Å². The number of carbonyl (C=O) groups excluding carboxylic acids is 1. The molecular weight excluding hydrogens is 506 g/mol. The molecule has 1 aliphatic carbocycles. The number of aliphatic hydroxyl groups excluding tert-OH is 1. The van der Waals surface area contributed by atoms with Crippen molar-refractivity contribution in [2.45, 2.75) is 50.7 Å². The Balaban J connectivity index is 1.20. The van der Waals surface area contributed by atoms with Gasteiger partial charge in [-0.25, -0.2) is 0 Å². The van der Waals surface area contributed by atoms with E-state index in [0.717, 1.165) is 40.7 Å². The largest absolute Gasteiger partial charge is 0.465 e. The van der Waals surface area contributed by atoms with E-state index in [2.05, 4.69) is 15.7 Å². The molecule has 1 fully saturated rings. The summed E-state index contributed by atoms with van der Waals surface area (Å²) in [5.74, 6) is 0.971. The van der Waals surface area contributed by atoms with Crippen LogP contribution in [0.4, 0.5) is 0 Å². The molecule has 3 aromatic carbocycles. The fourth-order valence-electron chi connectivity index (χ4n) is 5.21. The molecule has 204 valence electrons. The topological polar surface area (TPSA) is 107 Å². The number of nitrogens with one attached hydrogen (secondary N) is 1. The highest BCUT2D eigenvalue weighted by atomic mass is 16.7.